The molecule has 0 spiro atoms. The molecule has 0 saturated carbocycles. The van der Waals surface area contributed by atoms with Crippen molar-refractivity contribution in [2.75, 3.05) is 0 Å². The maximum Gasteiger partial charge on any atom is 0.249 e. The topological polar surface area (TPSA) is 54.5 Å². The van der Waals surface area contributed by atoms with Gasteiger partial charge in [0.25, 0.3) is 0 Å². The second kappa shape index (κ2) is 10.4. The van der Waals surface area contributed by atoms with Crippen molar-refractivity contribution >= 4 is 21.9 Å². The second-order valence-corrected chi connectivity index (χ2v) is 9.36. The molecule has 11 heteroatoms. The third-order valence-corrected chi connectivity index (χ3v) is 6.70. The number of hydrogen-bond donors (Lipinski definition) is 0. The molecule has 184 valence electrons. The van der Waals surface area contributed by atoms with E-state index in [4.69, 9.17) is 0 Å². The molecule has 35 heavy (non-hydrogen) atoms. The van der Waals surface area contributed by atoms with Gasteiger partial charge in [0, 0.05) is 13.1 Å². The highest BCUT2D eigenvalue weighted by Gasteiger charge is 2.37. The Bertz CT molecular complexity index is 1360. The Morgan fingerprint density at radius 3 is 1.63 bits per heavy atom. The second-order valence-electron chi connectivity index (χ2n) is 7.48. The molecule has 0 aromatic heterocycles. The number of nitrogens with zero attached hydrogens (tertiary/aromatic N) is 1. The monoisotopic (exact) mass is 513 g/mol. The van der Waals surface area contributed by atoms with Gasteiger partial charge in [0.05, 0.1) is 0 Å². The van der Waals surface area contributed by atoms with Gasteiger partial charge >= 0.3 is 0 Å². The fourth-order valence-corrected chi connectivity index (χ4v) is 4.64. The summed E-state index contributed by atoms with van der Waals surface area (Å²) >= 11 is 0. The zero-order valence-corrected chi connectivity index (χ0v) is 18.9. The Morgan fingerprint density at radius 1 is 0.743 bits per heavy atom. The Balaban J connectivity index is 2.07. The van der Waals surface area contributed by atoms with E-state index in [1.54, 1.807) is 0 Å². The molecule has 4 nitrogen and oxygen atoms in total. The van der Waals surface area contributed by atoms with Crippen LogP contribution in [0.3, 0.4) is 0 Å². The quantitative estimate of drug-likeness (QED) is 0.173. The Kier molecular flexibility index (Phi) is 7.81. The molecule has 0 amide bonds. The molecule has 3 aromatic carbocycles. The number of carbonyl (C=O) groups is 1. The van der Waals surface area contributed by atoms with Gasteiger partial charge in [-0.05, 0) is 41.8 Å². The first-order chi connectivity index (χ1) is 16.4. The number of carbonyl (C=O) groups excluding carboxylic acids is 1. The number of benzene rings is 3. The van der Waals surface area contributed by atoms with Gasteiger partial charge in [-0.15, -0.1) is 0 Å². The lowest BCUT2D eigenvalue weighted by Crippen LogP contribution is -2.32. The summed E-state index contributed by atoms with van der Waals surface area (Å²) in [5, 5.41) is 0. The number of hydrogen-bond acceptors (Lipinski definition) is 3. The van der Waals surface area contributed by atoms with E-state index < -0.39 is 62.9 Å². The van der Waals surface area contributed by atoms with Crippen LogP contribution < -0.4 is 0 Å². The summed E-state index contributed by atoms with van der Waals surface area (Å²) in [5.74, 6) is -13.1. The molecule has 0 saturated heterocycles. The van der Waals surface area contributed by atoms with E-state index in [9.17, 15) is 39.6 Å². The van der Waals surface area contributed by atoms with Crippen LogP contribution in [0.5, 0.6) is 0 Å². The molecule has 0 aliphatic carbocycles. The van der Waals surface area contributed by atoms with Crippen LogP contribution in [0.4, 0.5) is 26.3 Å². The van der Waals surface area contributed by atoms with Crippen LogP contribution in [0, 0.1) is 34.9 Å². The van der Waals surface area contributed by atoms with Crippen molar-refractivity contribution in [3.8, 4) is 0 Å². The van der Waals surface area contributed by atoms with Crippen molar-refractivity contribution in [1.29, 1.82) is 0 Å². The normalized spacial score (nSPS) is 12.0. The largest absolute Gasteiger partial charge is 0.295 e. The highest BCUT2D eigenvalue weighted by atomic mass is 32.2. The molecule has 3 rings (SSSR count). The lowest BCUT2D eigenvalue weighted by molar-refractivity contribution is -0.112. The Labute approximate surface area is 197 Å². The first kappa shape index (κ1) is 26.2. The summed E-state index contributed by atoms with van der Waals surface area (Å²) in [6.45, 7) is 0.270. The van der Waals surface area contributed by atoms with Crippen molar-refractivity contribution in [3.05, 3.63) is 106 Å². The number of sulfonamides is 1. The van der Waals surface area contributed by atoms with Crippen molar-refractivity contribution < 1.29 is 39.6 Å². The predicted octanol–water partition coefficient (Wildman–Crippen LogP) is 5.51. The van der Waals surface area contributed by atoms with E-state index in [0.29, 0.717) is 15.4 Å². The lowest BCUT2D eigenvalue weighted by Gasteiger charge is -2.23. The van der Waals surface area contributed by atoms with Crippen LogP contribution in [0.15, 0.2) is 59.5 Å². The van der Waals surface area contributed by atoms with E-state index >= 15 is 0 Å². The van der Waals surface area contributed by atoms with Gasteiger partial charge in [0.1, 0.15) is 5.82 Å². The van der Waals surface area contributed by atoms with Gasteiger partial charge in [0.2, 0.25) is 15.8 Å². The zero-order chi connectivity index (χ0) is 25.9. The fraction of sp³-hybridized carbons (Fsp3) is 0.125. The molecule has 0 radical (unpaired) electrons. The molecule has 0 heterocycles. The summed E-state index contributed by atoms with van der Waals surface area (Å²) in [6.07, 6.45) is 2.82. The minimum absolute atomic E-state index is 0.194. The van der Waals surface area contributed by atoms with E-state index in [-0.39, 0.29) is 11.3 Å². The minimum Gasteiger partial charge on any atom is -0.295 e. The summed E-state index contributed by atoms with van der Waals surface area (Å²) in [7, 11) is -5.28. The van der Waals surface area contributed by atoms with Crippen LogP contribution in [0.1, 0.15) is 23.6 Å². The SMILES string of the molecule is CC(=O)/C=C/c1ccc(CN(Cc2ccc(F)cc2)S(=O)(=O)c2c(F)c(F)c(F)c(F)c2F)cc1. The van der Waals surface area contributed by atoms with Gasteiger partial charge in [-0.25, -0.2) is 34.8 Å². The van der Waals surface area contributed by atoms with Crippen LogP contribution in [0.25, 0.3) is 6.08 Å². The molecule has 0 aliphatic rings. The van der Waals surface area contributed by atoms with Crippen molar-refractivity contribution in [1.82, 2.24) is 4.31 Å². The molecule has 0 atom stereocenters. The minimum atomic E-state index is -5.28. The molecule has 0 unspecified atom stereocenters. The predicted molar refractivity (Wildman–Crippen MR) is 115 cm³/mol. The summed E-state index contributed by atoms with van der Waals surface area (Å²) in [4.78, 5) is 9.08. The van der Waals surface area contributed by atoms with Crippen molar-refractivity contribution in [2.24, 2.45) is 0 Å². The molecular weight excluding hydrogens is 496 g/mol. The summed E-state index contributed by atoms with van der Waals surface area (Å²) in [6, 6.07) is 10.5. The first-order valence-corrected chi connectivity index (χ1v) is 11.4. The smallest absolute Gasteiger partial charge is 0.249 e. The van der Waals surface area contributed by atoms with Crippen LogP contribution in [-0.2, 0) is 27.9 Å². The van der Waals surface area contributed by atoms with E-state index in [1.165, 1.54) is 55.5 Å². The average molecular weight is 513 g/mol. The highest BCUT2D eigenvalue weighted by Crippen LogP contribution is 2.30. The average Bonchev–Trinajstić information content (AvgIpc) is 2.81. The number of halogens is 6. The molecule has 0 bridgehead atoms. The first-order valence-electron chi connectivity index (χ1n) is 9.95. The van der Waals surface area contributed by atoms with Gasteiger partial charge in [-0.1, -0.05) is 42.5 Å². The third kappa shape index (κ3) is 5.80. The van der Waals surface area contributed by atoms with E-state index in [1.807, 2.05) is 0 Å². The van der Waals surface area contributed by atoms with E-state index in [2.05, 4.69) is 0 Å². The molecule has 0 N–H and O–H groups in total. The number of ketones is 1. The van der Waals surface area contributed by atoms with Crippen molar-refractivity contribution in [2.45, 2.75) is 24.9 Å². The molecule has 0 fully saturated rings. The third-order valence-electron chi connectivity index (χ3n) is 4.89. The molecule has 0 aliphatic heterocycles. The molecule has 3 aromatic rings. The molecular formula is C24H17F6NO3S. The summed E-state index contributed by atoms with van der Waals surface area (Å²) in [5.41, 5.74) is 1.09. The van der Waals surface area contributed by atoms with Gasteiger partial charge in [-0.3, -0.25) is 4.79 Å². The highest BCUT2D eigenvalue weighted by molar-refractivity contribution is 7.89. The van der Waals surface area contributed by atoms with Gasteiger partial charge < -0.3 is 0 Å². The standard InChI is InChI=1S/C24H17F6NO3S/c1-14(32)2-3-15-4-6-16(7-5-15)12-31(13-17-8-10-18(25)11-9-17)35(33,34)24-22(29)20(27)19(26)21(28)23(24)30/h2-11H,12-13H2,1H3/b3-2+. The zero-order valence-electron chi connectivity index (χ0n) is 18.0. The van der Waals surface area contributed by atoms with Gasteiger partial charge in [0.15, 0.2) is 33.9 Å². The Hall–Kier alpha value is -3.44. The number of allylic oxidation sites excluding steroid dienone is 1. The lowest BCUT2D eigenvalue weighted by atomic mass is 10.1. The van der Waals surface area contributed by atoms with Crippen LogP contribution in [-0.4, -0.2) is 18.5 Å². The maximum atomic E-state index is 14.4. The fourth-order valence-electron chi connectivity index (χ4n) is 3.11. The van der Waals surface area contributed by atoms with E-state index in [0.717, 1.165) is 12.1 Å². The summed E-state index contributed by atoms with van der Waals surface area (Å²) < 4.78 is 110. The number of rotatable bonds is 8. The maximum absolute atomic E-state index is 14.4. The van der Waals surface area contributed by atoms with Crippen LogP contribution >= 0.6 is 0 Å². The van der Waals surface area contributed by atoms with Crippen LogP contribution in [0.2, 0.25) is 0 Å². The Morgan fingerprint density at radius 2 is 1.17 bits per heavy atom. The van der Waals surface area contributed by atoms with Crippen molar-refractivity contribution in [3.63, 3.8) is 0 Å². The van der Waals surface area contributed by atoms with Gasteiger partial charge in [-0.2, -0.15) is 4.31 Å².